The van der Waals surface area contributed by atoms with E-state index < -0.39 is 11.7 Å². The van der Waals surface area contributed by atoms with Crippen LogP contribution in [0.3, 0.4) is 0 Å². The first kappa shape index (κ1) is 24.2. The van der Waals surface area contributed by atoms with Crippen molar-refractivity contribution >= 4 is 34.7 Å². The summed E-state index contributed by atoms with van der Waals surface area (Å²) in [4.78, 5) is 10.9. The number of halogens is 1. The van der Waals surface area contributed by atoms with Crippen LogP contribution in [0.4, 0.5) is 17.5 Å². The van der Waals surface area contributed by atoms with Crippen molar-refractivity contribution in [3.8, 4) is 12.1 Å². The molecule has 12 heteroatoms. The van der Waals surface area contributed by atoms with E-state index in [0.717, 1.165) is 12.8 Å². The number of aliphatic hydroxyl groups is 2. The molecule has 5 rings (SSSR count). The molecule has 0 amide bonds. The van der Waals surface area contributed by atoms with E-state index in [9.17, 15) is 20.7 Å². The van der Waals surface area contributed by atoms with Crippen LogP contribution in [-0.4, -0.2) is 66.0 Å². The molecular weight excluding hydrogens is 482 g/mol. The number of anilines is 3. The van der Waals surface area contributed by atoms with Crippen LogP contribution in [0.25, 0.3) is 5.65 Å². The molecular formula is C24H26ClN9O2. The summed E-state index contributed by atoms with van der Waals surface area (Å²) >= 11 is 6.70. The highest BCUT2D eigenvalue weighted by Crippen LogP contribution is 2.35. The topological polar surface area (TPSA) is 158 Å². The van der Waals surface area contributed by atoms with Crippen molar-refractivity contribution in [2.24, 2.45) is 0 Å². The highest BCUT2D eigenvalue weighted by molar-refractivity contribution is 6.34. The van der Waals surface area contributed by atoms with Crippen LogP contribution in [-0.2, 0) is 0 Å². The third-order valence-electron chi connectivity index (χ3n) is 6.59. The van der Waals surface area contributed by atoms with Gasteiger partial charge in [-0.3, -0.25) is 0 Å². The van der Waals surface area contributed by atoms with E-state index in [1.54, 1.807) is 12.1 Å². The number of nitrogens with one attached hydrogen (secondary N) is 2. The molecule has 1 aliphatic carbocycles. The Labute approximate surface area is 213 Å². The summed E-state index contributed by atoms with van der Waals surface area (Å²) in [5, 5.41) is 51.3. The predicted octanol–water partition coefficient (Wildman–Crippen LogP) is 2.72. The lowest BCUT2D eigenvalue weighted by Crippen LogP contribution is -2.43. The minimum atomic E-state index is -0.941. The van der Waals surface area contributed by atoms with Gasteiger partial charge >= 0.3 is 0 Å². The molecule has 4 N–H and O–H groups in total. The number of imidazole rings is 1. The number of nitriles is 2. The fourth-order valence-electron chi connectivity index (χ4n) is 4.25. The smallest absolute Gasteiger partial charge is 0.247 e. The van der Waals surface area contributed by atoms with Crippen molar-refractivity contribution in [2.45, 2.75) is 50.4 Å². The average Bonchev–Trinajstić information content (AvgIpc) is 3.57. The first-order valence-electron chi connectivity index (χ1n) is 11.8. The first-order chi connectivity index (χ1) is 17.3. The molecule has 1 saturated carbocycles. The number of fused-ring (bicyclic) bond motifs is 1. The van der Waals surface area contributed by atoms with Gasteiger partial charge in [0.25, 0.3) is 0 Å². The maximum Gasteiger partial charge on any atom is 0.247 e. The zero-order chi connectivity index (χ0) is 25.4. The minimum absolute atomic E-state index is 0.163. The van der Waals surface area contributed by atoms with E-state index >= 15 is 0 Å². The van der Waals surface area contributed by atoms with Crippen LogP contribution in [0, 0.1) is 22.7 Å². The van der Waals surface area contributed by atoms with Gasteiger partial charge in [0.1, 0.15) is 6.07 Å². The van der Waals surface area contributed by atoms with Crippen molar-refractivity contribution in [1.82, 2.24) is 24.5 Å². The van der Waals surface area contributed by atoms with Gasteiger partial charge in [0.15, 0.2) is 17.2 Å². The number of β-amino-alcohol motifs (C(OH)–C–C–N with tert-alkyl or cyclic N) is 1. The van der Waals surface area contributed by atoms with E-state index in [0.29, 0.717) is 66.8 Å². The number of benzene rings is 1. The van der Waals surface area contributed by atoms with E-state index in [1.807, 2.05) is 6.92 Å². The Morgan fingerprint density at radius 3 is 2.67 bits per heavy atom. The van der Waals surface area contributed by atoms with Crippen molar-refractivity contribution < 1.29 is 10.2 Å². The molecule has 1 saturated heterocycles. The van der Waals surface area contributed by atoms with Gasteiger partial charge in [0.2, 0.25) is 5.95 Å². The molecule has 186 valence electrons. The second-order valence-electron chi connectivity index (χ2n) is 9.67. The summed E-state index contributed by atoms with van der Waals surface area (Å²) in [7, 11) is 0. The number of piperidine rings is 1. The van der Waals surface area contributed by atoms with Gasteiger partial charge in [0.05, 0.1) is 40.2 Å². The van der Waals surface area contributed by atoms with Gasteiger partial charge in [-0.25, -0.2) is 4.98 Å². The van der Waals surface area contributed by atoms with Crippen molar-refractivity contribution in [3.63, 3.8) is 0 Å². The molecule has 0 spiro atoms. The third-order valence-corrected chi connectivity index (χ3v) is 7.02. The number of likely N-dealkylation sites (tertiary alicyclic amines) is 1. The van der Waals surface area contributed by atoms with Crippen LogP contribution in [0.15, 0.2) is 18.3 Å². The van der Waals surface area contributed by atoms with Crippen LogP contribution in [0.5, 0.6) is 0 Å². The Kier molecular flexibility index (Phi) is 6.41. The average molecular weight is 508 g/mol. The molecule has 1 atom stereocenters. The van der Waals surface area contributed by atoms with E-state index in [-0.39, 0.29) is 16.7 Å². The normalized spacial score (nSPS) is 18.4. The number of nitrogens with zero attached hydrogens (tertiary/aromatic N) is 7. The fraction of sp³-hybridized carbons (Fsp3) is 0.458. The predicted molar refractivity (Wildman–Crippen MR) is 133 cm³/mol. The van der Waals surface area contributed by atoms with Crippen LogP contribution in [0.2, 0.25) is 5.02 Å². The van der Waals surface area contributed by atoms with Crippen molar-refractivity contribution in [2.75, 3.05) is 30.3 Å². The molecule has 3 heterocycles. The summed E-state index contributed by atoms with van der Waals surface area (Å²) in [5.41, 5.74) is 1.09. The van der Waals surface area contributed by atoms with Crippen LogP contribution < -0.4 is 10.6 Å². The first-order valence-corrected chi connectivity index (χ1v) is 12.2. The molecule has 11 nitrogen and oxygen atoms in total. The van der Waals surface area contributed by atoms with Gasteiger partial charge < -0.3 is 25.7 Å². The fourth-order valence-corrected chi connectivity index (χ4v) is 4.54. The number of rotatable bonds is 7. The Morgan fingerprint density at radius 2 is 2.00 bits per heavy atom. The van der Waals surface area contributed by atoms with E-state index in [4.69, 9.17) is 11.6 Å². The second kappa shape index (κ2) is 9.52. The molecule has 36 heavy (non-hydrogen) atoms. The zero-order valence-electron chi connectivity index (χ0n) is 19.7. The summed E-state index contributed by atoms with van der Waals surface area (Å²) < 4.78 is 1.41. The maximum absolute atomic E-state index is 11.0. The lowest BCUT2D eigenvalue weighted by molar-refractivity contribution is -0.0160. The summed E-state index contributed by atoms with van der Waals surface area (Å²) in [6.45, 7) is 3.45. The van der Waals surface area contributed by atoms with Gasteiger partial charge in [-0.05, 0) is 44.7 Å². The Balaban J connectivity index is 1.44. The number of hydrogen-bond donors (Lipinski definition) is 4. The van der Waals surface area contributed by atoms with Crippen molar-refractivity contribution in [1.29, 1.82) is 10.5 Å². The van der Waals surface area contributed by atoms with Crippen molar-refractivity contribution in [3.05, 3.63) is 40.2 Å². The molecule has 2 fully saturated rings. The van der Waals surface area contributed by atoms with Gasteiger partial charge in [-0.15, -0.1) is 5.10 Å². The largest absolute Gasteiger partial charge is 0.390 e. The van der Waals surface area contributed by atoms with Crippen LogP contribution >= 0.6 is 11.6 Å². The number of hydrogen-bond acceptors (Lipinski definition) is 10. The highest BCUT2D eigenvalue weighted by atomic mass is 35.5. The quantitative estimate of drug-likeness (QED) is 0.374. The highest BCUT2D eigenvalue weighted by Gasteiger charge is 2.29. The van der Waals surface area contributed by atoms with Gasteiger partial charge in [-0.1, -0.05) is 11.6 Å². The number of aromatic nitrogens is 4. The lowest BCUT2D eigenvalue weighted by atomic mass is 9.93. The third kappa shape index (κ3) is 5.06. The summed E-state index contributed by atoms with van der Waals surface area (Å²) in [6, 6.07) is 7.62. The van der Waals surface area contributed by atoms with E-state index in [1.165, 1.54) is 10.7 Å². The SMILES string of the molecule is CC1(O)CCN(CC(O)c2cc(C#N)cc(Nc3nc(NC4CC4)c4ncc(C#N)n4n3)c2Cl)CC1. The van der Waals surface area contributed by atoms with Crippen LogP contribution in [0.1, 0.15) is 55.5 Å². The monoisotopic (exact) mass is 507 g/mol. The summed E-state index contributed by atoms with van der Waals surface area (Å²) in [5.74, 6) is 0.654. The Hall–Kier alpha value is -3.48. The molecule has 2 aromatic heterocycles. The zero-order valence-corrected chi connectivity index (χ0v) is 20.5. The molecule has 0 radical (unpaired) electrons. The van der Waals surface area contributed by atoms with Gasteiger partial charge in [0, 0.05) is 31.2 Å². The lowest BCUT2D eigenvalue weighted by Gasteiger charge is -2.36. The molecule has 1 aromatic carbocycles. The second-order valence-corrected chi connectivity index (χ2v) is 10.0. The molecule has 0 bridgehead atoms. The standard InChI is InChI=1S/C24H26ClN9O2/c1-24(36)4-6-33(7-5-24)13-19(35)17-8-14(10-26)9-18(20(17)25)30-23-31-21(29-15-2-3-15)22-28-12-16(11-27)34(22)32-23/h8-9,12,15,19,35-36H,2-7,13H2,1H3,(H2,29,30,31,32). The molecule has 1 unspecified atom stereocenters. The minimum Gasteiger partial charge on any atom is -0.390 e. The Morgan fingerprint density at radius 1 is 1.25 bits per heavy atom. The molecule has 3 aromatic rings. The summed E-state index contributed by atoms with van der Waals surface area (Å²) in [6.07, 6.45) is 3.78. The molecule has 1 aliphatic heterocycles. The van der Waals surface area contributed by atoms with Gasteiger partial charge in [-0.2, -0.15) is 20.0 Å². The number of aliphatic hydroxyl groups excluding tert-OH is 1. The molecule has 2 aliphatic rings. The van der Waals surface area contributed by atoms with E-state index in [2.05, 4.69) is 42.7 Å². The Bertz CT molecular complexity index is 1380. The maximum atomic E-state index is 11.0.